The van der Waals surface area contributed by atoms with Crippen LogP contribution in [0.15, 0.2) is 48.3 Å². The standard InChI is InChI=1S/C14H14O2/c1-10(15)11-5-7-12(8-6-11)13-3-2-4-14(16)9-13/h2,4-9,13,16H,3H2,1H3. The molecule has 0 heterocycles. The zero-order valence-electron chi connectivity index (χ0n) is 9.18. The quantitative estimate of drug-likeness (QED) is 0.766. The maximum atomic E-state index is 11.1. The van der Waals surface area contributed by atoms with Gasteiger partial charge in [0.15, 0.2) is 5.78 Å². The van der Waals surface area contributed by atoms with Gasteiger partial charge in [0.05, 0.1) is 0 Å². The second-order valence-corrected chi connectivity index (χ2v) is 4.01. The highest BCUT2D eigenvalue weighted by Gasteiger charge is 2.11. The van der Waals surface area contributed by atoms with E-state index in [9.17, 15) is 9.90 Å². The Morgan fingerprint density at radius 1 is 1.31 bits per heavy atom. The molecule has 82 valence electrons. The Hall–Kier alpha value is -1.83. The Morgan fingerprint density at radius 2 is 2.00 bits per heavy atom. The first-order valence-electron chi connectivity index (χ1n) is 5.35. The Bertz CT molecular complexity index is 452. The number of ketones is 1. The predicted molar refractivity (Wildman–Crippen MR) is 63.7 cm³/mol. The topological polar surface area (TPSA) is 37.3 Å². The molecule has 0 bridgehead atoms. The van der Waals surface area contributed by atoms with Crippen LogP contribution in [0.2, 0.25) is 0 Å². The smallest absolute Gasteiger partial charge is 0.159 e. The number of carbonyl (C=O) groups excluding carboxylic acids is 1. The summed E-state index contributed by atoms with van der Waals surface area (Å²) in [5, 5.41) is 9.40. The molecule has 0 saturated heterocycles. The maximum Gasteiger partial charge on any atom is 0.159 e. The van der Waals surface area contributed by atoms with Gasteiger partial charge in [0.2, 0.25) is 0 Å². The predicted octanol–water partition coefficient (Wildman–Crippen LogP) is 3.37. The van der Waals surface area contributed by atoms with Crippen LogP contribution in [-0.4, -0.2) is 10.9 Å². The summed E-state index contributed by atoms with van der Waals surface area (Å²) >= 11 is 0. The summed E-state index contributed by atoms with van der Waals surface area (Å²) in [5.74, 6) is 0.603. The highest BCUT2D eigenvalue weighted by molar-refractivity contribution is 5.94. The van der Waals surface area contributed by atoms with E-state index in [0.717, 1.165) is 17.5 Å². The molecule has 1 aliphatic carbocycles. The number of allylic oxidation sites excluding steroid dienone is 3. The van der Waals surface area contributed by atoms with Crippen molar-refractivity contribution in [2.75, 3.05) is 0 Å². The van der Waals surface area contributed by atoms with E-state index < -0.39 is 0 Å². The monoisotopic (exact) mass is 214 g/mol. The van der Waals surface area contributed by atoms with Gasteiger partial charge in [-0.3, -0.25) is 4.79 Å². The minimum atomic E-state index is 0.0773. The van der Waals surface area contributed by atoms with Gasteiger partial charge in [-0.1, -0.05) is 30.3 Å². The fourth-order valence-electron chi connectivity index (χ4n) is 1.86. The van der Waals surface area contributed by atoms with Gasteiger partial charge in [-0.05, 0) is 31.1 Å². The minimum absolute atomic E-state index is 0.0773. The maximum absolute atomic E-state index is 11.1. The molecule has 2 nitrogen and oxygen atoms in total. The summed E-state index contributed by atoms with van der Waals surface area (Å²) < 4.78 is 0. The van der Waals surface area contributed by atoms with Crippen LogP contribution in [0, 0.1) is 0 Å². The highest BCUT2D eigenvalue weighted by atomic mass is 16.3. The molecule has 2 heteroatoms. The lowest BCUT2D eigenvalue weighted by molar-refractivity contribution is 0.101. The lowest BCUT2D eigenvalue weighted by Gasteiger charge is -2.14. The highest BCUT2D eigenvalue weighted by Crippen LogP contribution is 2.26. The minimum Gasteiger partial charge on any atom is -0.508 e. The lowest BCUT2D eigenvalue weighted by Crippen LogP contribution is -2.00. The summed E-state index contributed by atoms with van der Waals surface area (Å²) in [4.78, 5) is 11.1. The summed E-state index contributed by atoms with van der Waals surface area (Å²) in [5.41, 5.74) is 1.85. The Labute approximate surface area is 94.9 Å². The van der Waals surface area contributed by atoms with Crippen LogP contribution < -0.4 is 0 Å². The first kappa shape index (κ1) is 10.7. The van der Waals surface area contributed by atoms with Gasteiger partial charge in [0.1, 0.15) is 5.76 Å². The van der Waals surface area contributed by atoms with Crippen LogP contribution >= 0.6 is 0 Å². The second kappa shape index (κ2) is 4.35. The second-order valence-electron chi connectivity index (χ2n) is 4.01. The van der Waals surface area contributed by atoms with Crippen molar-refractivity contribution < 1.29 is 9.90 Å². The molecule has 0 aromatic heterocycles. The fourth-order valence-corrected chi connectivity index (χ4v) is 1.86. The molecule has 0 saturated carbocycles. The normalized spacial score (nSPS) is 19.3. The molecule has 1 aliphatic rings. The zero-order valence-corrected chi connectivity index (χ0v) is 9.18. The molecule has 2 rings (SSSR count). The van der Waals surface area contributed by atoms with E-state index in [1.807, 2.05) is 36.4 Å². The molecule has 0 radical (unpaired) electrons. The molecule has 1 aromatic carbocycles. The number of rotatable bonds is 2. The SMILES string of the molecule is CC(=O)c1ccc(C2C=C(O)C=CC2)cc1. The first-order valence-corrected chi connectivity index (χ1v) is 5.35. The van der Waals surface area contributed by atoms with Crippen molar-refractivity contribution in [3.63, 3.8) is 0 Å². The number of hydrogen-bond donors (Lipinski definition) is 1. The largest absolute Gasteiger partial charge is 0.508 e. The molecule has 0 aliphatic heterocycles. The number of carbonyl (C=O) groups is 1. The molecule has 1 unspecified atom stereocenters. The van der Waals surface area contributed by atoms with Crippen LogP contribution in [0.5, 0.6) is 0 Å². The number of hydrogen-bond acceptors (Lipinski definition) is 2. The van der Waals surface area contributed by atoms with Crippen LogP contribution in [-0.2, 0) is 0 Å². The molecular weight excluding hydrogens is 200 g/mol. The zero-order chi connectivity index (χ0) is 11.5. The van der Waals surface area contributed by atoms with Crippen molar-refractivity contribution in [1.29, 1.82) is 0 Å². The fraction of sp³-hybridized carbons (Fsp3) is 0.214. The molecule has 0 spiro atoms. The van der Waals surface area contributed by atoms with E-state index in [1.54, 1.807) is 13.0 Å². The van der Waals surface area contributed by atoms with Crippen molar-refractivity contribution in [2.45, 2.75) is 19.3 Å². The van der Waals surface area contributed by atoms with Crippen LogP contribution in [0.3, 0.4) is 0 Å². The van der Waals surface area contributed by atoms with E-state index in [4.69, 9.17) is 0 Å². The number of aliphatic hydroxyl groups is 1. The van der Waals surface area contributed by atoms with E-state index in [1.165, 1.54) is 0 Å². The van der Waals surface area contributed by atoms with Gasteiger partial charge in [0, 0.05) is 11.5 Å². The van der Waals surface area contributed by atoms with E-state index in [-0.39, 0.29) is 11.7 Å². The Morgan fingerprint density at radius 3 is 2.56 bits per heavy atom. The number of aliphatic hydroxyl groups excluding tert-OH is 1. The molecule has 1 atom stereocenters. The summed E-state index contributed by atoms with van der Waals surface area (Å²) in [6.45, 7) is 1.56. The van der Waals surface area contributed by atoms with Crippen molar-refractivity contribution in [2.24, 2.45) is 0 Å². The number of benzene rings is 1. The molecular formula is C14H14O2. The van der Waals surface area contributed by atoms with Crippen LogP contribution in [0.25, 0.3) is 0 Å². The molecule has 1 N–H and O–H groups in total. The lowest BCUT2D eigenvalue weighted by atomic mass is 9.91. The average molecular weight is 214 g/mol. The third-order valence-corrected chi connectivity index (χ3v) is 2.80. The summed E-state index contributed by atoms with van der Waals surface area (Å²) in [6, 6.07) is 7.57. The van der Waals surface area contributed by atoms with Gasteiger partial charge in [0.25, 0.3) is 0 Å². The van der Waals surface area contributed by atoms with Gasteiger partial charge in [-0.25, -0.2) is 0 Å². The van der Waals surface area contributed by atoms with Crippen LogP contribution in [0.1, 0.15) is 35.2 Å². The van der Waals surface area contributed by atoms with Gasteiger partial charge < -0.3 is 5.11 Å². The average Bonchev–Trinajstić information content (AvgIpc) is 2.29. The third-order valence-electron chi connectivity index (χ3n) is 2.80. The summed E-state index contributed by atoms with van der Waals surface area (Å²) in [7, 11) is 0. The molecule has 0 fully saturated rings. The van der Waals surface area contributed by atoms with E-state index in [2.05, 4.69) is 0 Å². The van der Waals surface area contributed by atoms with Crippen molar-refractivity contribution in [1.82, 2.24) is 0 Å². The van der Waals surface area contributed by atoms with E-state index in [0.29, 0.717) is 5.76 Å². The van der Waals surface area contributed by atoms with E-state index >= 15 is 0 Å². The third kappa shape index (κ3) is 2.22. The van der Waals surface area contributed by atoms with Crippen LogP contribution in [0.4, 0.5) is 0 Å². The summed E-state index contributed by atoms with van der Waals surface area (Å²) in [6.07, 6.45) is 6.39. The van der Waals surface area contributed by atoms with Gasteiger partial charge in [-0.15, -0.1) is 0 Å². The van der Waals surface area contributed by atoms with Crippen molar-refractivity contribution >= 4 is 5.78 Å². The molecule has 16 heavy (non-hydrogen) atoms. The first-order chi connectivity index (χ1) is 7.66. The van der Waals surface area contributed by atoms with Crippen molar-refractivity contribution in [3.05, 3.63) is 59.4 Å². The van der Waals surface area contributed by atoms with Crippen molar-refractivity contribution in [3.8, 4) is 0 Å². The Balaban J connectivity index is 2.22. The molecule has 1 aromatic rings. The van der Waals surface area contributed by atoms with Gasteiger partial charge >= 0.3 is 0 Å². The Kier molecular flexibility index (Phi) is 2.91. The van der Waals surface area contributed by atoms with Gasteiger partial charge in [-0.2, -0.15) is 0 Å². The number of Topliss-reactive ketones (excluding diaryl/α,β-unsaturated/α-hetero) is 1. The molecule has 0 amide bonds.